The summed E-state index contributed by atoms with van der Waals surface area (Å²) in [5.74, 6) is 0. The molecule has 1 aromatic carbocycles. The maximum atomic E-state index is 9.98. The Labute approximate surface area is 134 Å². The van der Waals surface area contributed by atoms with Crippen molar-refractivity contribution in [3.05, 3.63) is 66.7 Å². The molecule has 0 amide bonds. The average molecular weight is 309 g/mol. The second-order valence-corrected chi connectivity index (χ2v) is 5.90. The van der Waals surface area contributed by atoms with E-state index in [9.17, 15) is 5.11 Å². The molecule has 2 N–H and O–H groups in total. The number of nitrogens with one attached hydrogen (secondary N) is 1. The number of rotatable bonds is 5. The van der Waals surface area contributed by atoms with E-state index in [0.717, 1.165) is 24.2 Å². The summed E-state index contributed by atoms with van der Waals surface area (Å²) in [7, 11) is 0. The predicted octanol–water partition coefficient (Wildman–Crippen LogP) is 1.53. The first-order chi connectivity index (χ1) is 11.3. The van der Waals surface area contributed by atoms with Crippen molar-refractivity contribution in [2.45, 2.75) is 31.2 Å². The summed E-state index contributed by atoms with van der Waals surface area (Å²) in [6, 6.07) is 12.2. The van der Waals surface area contributed by atoms with Gasteiger partial charge in [0.2, 0.25) is 0 Å². The fourth-order valence-electron chi connectivity index (χ4n) is 3.06. The molecule has 6 heteroatoms. The topological polar surface area (TPSA) is 67.9 Å². The normalized spacial score (nSPS) is 23.6. The number of nitrogens with zero attached hydrogens (tertiary/aromatic N) is 4. The summed E-state index contributed by atoms with van der Waals surface area (Å²) in [4.78, 5) is 0. The van der Waals surface area contributed by atoms with Crippen LogP contribution in [-0.4, -0.2) is 36.8 Å². The van der Waals surface area contributed by atoms with Crippen LogP contribution in [0.25, 0.3) is 5.69 Å². The summed E-state index contributed by atoms with van der Waals surface area (Å²) >= 11 is 0. The Kier molecular flexibility index (Phi) is 3.69. The van der Waals surface area contributed by atoms with Crippen LogP contribution in [0.1, 0.15) is 18.0 Å². The molecule has 0 unspecified atom stereocenters. The lowest BCUT2D eigenvalue weighted by Crippen LogP contribution is -2.54. The van der Waals surface area contributed by atoms with Gasteiger partial charge in [0.1, 0.15) is 0 Å². The zero-order valence-corrected chi connectivity index (χ0v) is 12.7. The lowest BCUT2D eigenvalue weighted by Gasteiger charge is -2.42. The summed E-state index contributed by atoms with van der Waals surface area (Å²) < 4.78 is 3.71. The zero-order chi connectivity index (χ0) is 15.6. The molecule has 4 rings (SSSR count). The fourth-order valence-corrected chi connectivity index (χ4v) is 3.06. The van der Waals surface area contributed by atoms with E-state index in [4.69, 9.17) is 0 Å². The van der Waals surface area contributed by atoms with Gasteiger partial charge in [0, 0.05) is 36.7 Å². The molecule has 0 radical (unpaired) electrons. The van der Waals surface area contributed by atoms with Gasteiger partial charge < -0.3 is 10.4 Å². The van der Waals surface area contributed by atoms with Gasteiger partial charge in [-0.15, -0.1) is 0 Å². The van der Waals surface area contributed by atoms with Gasteiger partial charge in [0.05, 0.1) is 24.0 Å². The zero-order valence-electron chi connectivity index (χ0n) is 12.7. The van der Waals surface area contributed by atoms with E-state index >= 15 is 0 Å². The third-order valence-electron chi connectivity index (χ3n) is 4.36. The molecule has 0 saturated heterocycles. The molecule has 23 heavy (non-hydrogen) atoms. The van der Waals surface area contributed by atoms with Crippen molar-refractivity contribution < 1.29 is 5.11 Å². The predicted molar refractivity (Wildman–Crippen MR) is 86.1 cm³/mol. The second kappa shape index (κ2) is 5.98. The molecule has 1 saturated carbocycles. The van der Waals surface area contributed by atoms with Gasteiger partial charge in [-0.1, -0.05) is 18.2 Å². The molecule has 118 valence electrons. The van der Waals surface area contributed by atoms with Gasteiger partial charge in [-0.25, -0.2) is 4.68 Å². The quantitative estimate of drug-likeness (QED) is 0.750. The molecule has 1 aliphatic carbocycles. The maximum Gasteiger partial charge on any atom is 0.0932 e. The van der Waals surface area contributed by atoms with Crippen molar-refractivity contribution in [3.8, 4) is 5.69 Å². The summed E-state index contributed by atoms with van der Waals surface area (Å²) in [6.07, 6.45) is 7.95. The number of aliphatic hydroxyl groups is 1. The maximum absolute atomic E-state index is 9.98. The van der Waals surface area contributed by atoms with Crippen molar-refractivity contribution in [2.24, 2.45) is 0 Å². The fraction of sp³-hybridized carbons (Fsp3) is 0.294. The number of hydrogen-bond acceptors (Lipinski definition) is 4. The average Bonchev–Trinajstić information content (AvgIpc) is 3.24. The Bertz CT molecular complexity index is 752. The molecule has 6 nitrogen and oxygen atoms in total. The smallest absolute Gasteiger partial charge is 0.0932 e. The van der Waals surface area contributed by atoms with Crippen LogP contribution in [0.4, 0.5) is 0 Å². The summed E-state index contributed by atoms with van der Waals surface area (Å²) in [5, 5.41) is 22.1. The van der Waals surface area contributed by atoms with Gasteiger partial charge in [-0.2, -0.15) is 10.2 Å². The van der Waals surface area contributed by atoms with Crippen LogP contribution >= 0.6 is 0 Å². The highest BCUT2D eigenvalue weighted by molar-refractivity contribution is 5.30. The standard InChI is InChI=1S/C17H19N5O/c23-16-9-15(17(16)21-8-4-7-19-21)18-10-13-11-20-22(12-13)14-5-2-1-3-6-14/h1-8,11-12,15-18,23H,9-10H2/t15-,16+,17+/m0/s1. The molecule has 0 bridgehead atoms. The number of aromatic nitrogens is 4. The van der Waals surface area contributed by atoms with Crippen LogP contribution in [0.3, 0.4) is 0 Å². The minimum atomic E-state index is -0.334. The molecule has 3 aromatic rings. The molecule has 3 atom stereocenters. The highest BCUT2D eigenvalue weighted by atomic mass is 16.3. The van der Waals surface area contributed by atoms with E-state index in [1.165, 1.54) is 0 Å². The molecule has 1 aliphatic rings. The largest absolute Gasteiger partial charge is 0.391 e. The Morgan fingerprint density at radius 2 is 2.04 bits per heavy atom. The number of benzene rings is 1. The molecule has 0 aliphatic heterocycles. The van der Waals surface area contributed by atoms with Gasteiger partial charge in [-0.05, 0) is 24.6 Å². The van der Waals surface area contributed by atoms with Crippen molar-refractivity contribution in [3.63, 3.8) is 0 Å². The molecule has 2 heterocycles. The third kappa shape index (κ3) is 2.78. The molecule has 2 aromatic heterocycles. The van der Waals surface area contributed by atoms with Crippen molar-refractivity contribution in [1.29, 1.82) is 0 Å². The summed E-state index contributed by atoms with van der Waals surface area (Å²) in [5.41, 5.74) is 2.17. The van der Waals surface area contributed by atoms with E-state index < -0.39 is 0 Å². The number of aliphatic hydroxyl groups excluding tert-OH is 1. The second-order valence-electron chi connectivity index (χ2n) is 5.90. The van der Waals surface area contributed by atoms with E-state index in [-0.39, 0.29) is 18.2 Å². The first-order valence-corrected chi connectivity index (χ1v) is 7.81. The van der Waals surface area contributed by atoms with E-state index in [1.54, 1.807) is 6.20 Å². The summed E-state index contributed by atoms with van der Waals surface area (Å²) in [6.45, 7) is 0.724. The van der Waals surface area contributed by atoms with Crippen LogP contribution in [0, 0.1) is 0 Å². The Hall–Kier alpha value is -2.44. The van der Waals surface area contributed by atoms with Crippen LogP contribution in [-0.2, 0) is 6.54 Å². The van der Waals surface area contributed by atoms with Crippen LogP contribution in [0.15, 0.2) is 61.2 Å². The number of para-hydroxylation sites is 1. The van der Waals surface area contributed by atoms with Crippen LogP contribution in [0.5, 0.6) is 0 Å². The Balaban J connectivity index is 1.39. The molecular formula is C17H19N5O. The first-order valence-electron chi connectivity index (χ1n) is 7.81. The van der Waals surface area contributed by atoms with Gasteiger partial charge in [0.15, 0.2) is 0 Å². The third-order valence-corrected chi connectivity index (χ3v) is 4.36. The highest BCUT2D eigenvalue weighted by Gasteiger charge is 2.41. The van der Waals surface area contributed by atoms with Crippen LogP contribution < -0.4 is 5.32 Å². The first kappa shape index (κ1) is 14.2. The lowest BCUT2D eigenvalue weighted by molar-refractivity contribution is -0.00821. The van der Waals surface area contributed by atoms with Crippen molar-refractivity contribution in [1.82, 2.24) is 24.9 Å². The Morgan fingerprint density at radius 1 is 1.17 bits per heavy atom. The van der Waals surface area contributed by atoms with Gasteiger partial charge in [-0.3, -0.25) is 4.68 Å². The van der Waals surface area contributed by atoms with Crippen molar-refractivity contribution in [2.75, 3.05) is 0 Å². The molecule has 0 spiro atoms. The SMILES string of the molecule is O[C@@H]1C[C@H](NCc2cnn(-c3ccccc3)c2)[C@H]1n1cccn1. The van der Waals surface area contributed by atoms with Crippen molar-refractivity contribution >= 4 is 0 Å². The highest BCUT2D eigenvalue weighted by Crippen LogP contribution is 2.32. The minimum Gasteiger partial charge on any atom is -0.391 e. The van der Waals surface area contributed by atoms with E-state index in [2.05, 4.69) is 15.5 Å². The monoisotopic (exact) mass is 309 g/mol. The van der Waals surface area contributed by atoms with Gasteiger partial charge in [0.25, 0.3) is 0 Å². The van der Waals surface area contributed by atoms with Crippen LogP contribution in [0.2, 0.25) is 0 Å². The Morgan fingerprint density at radius 3 is 2.78 bits per heavy atom. The molecule has 1 fully saturated rings. The van der Waals surface area contributed by atoms with Gasteiger partial charge >= 0.3 is 0 Å². The van der Waals surface area contributed by atoms with E-state index in [1.807, 2.05) is 64.4 Å². The lowest BCUT2D eigenvalue weighted by atomic mass is 9.83. The molecular weight excluding hydrogens is 290 g/mol. The minimum absolute atomic E-state index is 0.00849. The van der Waals surface area contributed by atoms with E-state index in [0.29, 0.717) is 0 Å². The number of hydrogen-bond donors (Lipinski definition) is 2.